The van der Waals surface area contributed by atoms with Crippen LogP contribution in [-0.2, 0) is 9.59 Å². The van der Waals surface area contributed by atoms with E-state index in [0.717, 1.165) is 0 Å². The number of hydrogen-bond acceptors (Lipinski definition) is 5. The molecule has 0 radical (unpaired) electrons. The molecule has 4 rings (SSSR count). The predicted molar refractivity (Wildman–Crippen MR) is 111 cm³/mol. The maximum absolute atomic E-state index is 12.8. The first-order valence-electron chi connectivity index (χ1n) is 9.63. The van der Waals surface area contributed by atoms with Gasteiger partial charge < -0.3 is 25.0 Å². The van der Waals surface area contributed by atoms with Crippen LogP contribution < -0.4 is 25.0 Å². The lowest BCUT2D eigenvalue weighted by Crippen LogP contribution is -2.37. The third kappa shape index (κ3) is 4.29. The van der Waals surface area contributed by atoms with Gasteiger partial charge in [-0.1, -0.05) is 0 Å². The van der Waals surface area contributed by atoms with Crippen LogP contribution in [0.4, 0.5) is 21.9 Å². The summed E-state index contributed by atoms with van der Waals surface area (Å²) in [6.07, 6.45) is 0. The smallest absolute Gasteiger partial charge is 0.325 e. The van der Waals surface area contributed by atoms with Crippen LogP contribution in [-0.4, -0.2) is 55.6 Å². The van der Waals surface area contributed by atoms with Gasteiger partial charge in [0, 0.05) is 43.1 Å². The second-order valence-electron chi connectivity index (χ2n) is 6.99. The second-order valence-corrected chi connectivity index (χ2v) is 6.99. The first-order valence-corrected chi connectivity index (χ1v) is 9.63. The van der Waals surface area contributed by atoms with Crippen LogP contribution >= 0.6 is 0 Å². The summed E-state index contributed by atoms with van der Waals surface area (Å²) in [7, 11) is 0. The Labute approximate surface area is 173 Å². The number of ether oxygens (including phenoxy) is 2. The highest BCUT2D eigenvalue weighted by molar-refractivity contribution is 5.99. The highest BCUT2D eigenvalue weighted by atomic mass is 16.6. The average Bonchev–Trinajstić information content (AvgIpc) is 3.09. The lowest BCUT2D eigenvalue weighted by molar-refractivity contribution is -0.116. The Morgan fingerprint density at radius 2 is 1.60 bits per heavy atom. The van der Waals surface area contributed by atoms with Crippen molar-refractivity contribution >= 4 is 34.9 Å². The maximum Gasteiger partial charge on any atom is 0.325 e. The Balaban J connectivity index is 1.35. The standard InChI is InChI=1S/C21H22N4O5/c1-14(26)22-15-2-4-16(5-3-15)23-20(27)13-24-8-9-25(21(24)28)17-6-7-18-19(12-17)30-11-10-29-18/h2-7,12H,8-11,13H2,1H3,(H,22,26)(H,23,27). The molecule has 0 saturated carbocycles. The molecule has 2 aromatic carbocycles. The quantitative estimate of drug-likeness (QED) is 0.788. The molecule has 0 aliphatic carbocycles. The molecule has 9 nitrogen and oxygen atoms in total. The van der Waals surface area contributed by atoms with E-state index in [1.165, 1.54) is 11.8 Å². The van der Waals surface area contributed by atoms with Crippen LogP contribution in [0.25, 0.3) is 0 Å². The number of nitrogens with zero attached hydrogens (tertiary/aromatic N) is 2. The van der Waals surface area contributed by atoms with Gasteiger partial charge in [-0.15, -0.1) is 0 Å². The lowest BCUT2D eigenvalue weighted by atomic mass is 10.2. The van der Waals surface area contributed by atoms with E-state index in [0.29, 0.717) is 54.9 Å². The van der Waals surface area contributed by atoms with Gasteiger partial charge in [-0.3, -0.25) is 14.5 Å². The minimum absolute atomic E-state index is 0.0483. The normalized spacial score (nSPS) is 15.2. The summed E-state index contributed by atoms with van der Waals surface area (Å²) >= 11 is 0. The average molecular weight is 410 g/mol. The molecule has 1 fully saturated rings. The van der Waals surface area contributed by atoms with Crippen molar-refractivity contribution in [2.75, 3.05) is 48.4 Å². The van der Waals surface area contributed by atoms with Crippen molar-refractivity contribution in [2.24, 2.45) is 0 Å². The summed E-state index contributed by atoms with van der Waals surface area (Å²) in [6, 6.07) is 11.9. The highest BCUT2D eigenvalue weighted by Gasteiger charge is 2.31. The summed E-state index contributed by atoms with van der Waals surface area (Å²) in [6.45, 7) is 3.29. The second kappa shape index (κ2) is 8.32. The van der Waals surface area contributed by atoms with E-state index < -0.39 is 0 Å². The molecule has 9 heteroatoms. The van der Waals surface area contributed by atoms with E-state index >= 15 is 0 Å². The van der Waals surface area contributed by atoms with Gasteiger partial charge in [0.1, 0.15) is 19.8 Å². The number of nitrogens with one attached hydrogen (secondary N) is 2. The summed E-state index contributed by atoms with van der Waals surface area (Å²) in [5.74, 6) is 0.824. The molecular weight excluding hydrogens is 388 g/mol. The fourth-order valence-electron chi connectivity index (χ4n) is 3.38. The molecule has 2 aliphatic heterocycles. The third-order valence-electron chi connectivity index (χ3n) is 4.76. The maximum atomic E-state index is 12.8. The van der Waals surface area contributed by atoms with Crippen molar-refractivity contribution in [2.45, 2.75) is 6.92 Å². The van der Waals surface area contributed by atoms with Crippen LogP contribution in [0.2, 0.25) is 0 Å². The van der Waals surface area contributed by atoms with Gasteiger partial charge in [0.2, 0.25) is 11.8 Å². The first kappa shape index (κ1) is 19.6. The third-order valence-corrected chi connectivity index (χ3v) is 4.76. The fraction of sp³-hybridized carbons (Fsp3) is 0.286. The largest absolute Gasteiger partial charge is 0.486 e. The Morgan fingerprint density at radius 1 is 0.933 bits per heavy atom. The molecule has 2 N–H and O–H groups in total. The van der Waals surface area contributed by atoms with Crippen molar-refractivity contribution in [3.8, 4) is 11.5 Å². The number of rotatable bonds is 5. The van der Waals surface area contributed by atoms with Crippen molar-refractivity contribution < 1.29 is 23.9 Å². The van der Waals surface area contributed by atoms with Gasteiger partial charge in [-0.05, 0) is 36.4 Å². The molecule has 0 spiro atoms. The number of benzene rings is 2. The number of carbonyl (C=O) groups excluding carboxylic acids is 3. The summed E-state index contributed by atoms with van der Waals surface area (Å²) < 4.78 is 11.1. The number of hydrogen-bond donors (Lipinski definition) is 2. The Bertz CT molecular complexity index is 976. The SMILES string of the molecule is CC(=O)Nc1ccc(NC(=O)CN2CCN(c3ccc4c(c3)OCCO4)C2=O)cc1. The van der Waals surface area contributed by atoms with Crippen LogP contribution in [0.15, 0.2) is 42.5 Å². The van der Waals surface area contributed by atoms with Gasteiger partial charge in [0.25, 0.3) is 0 Å². The zero-order valence-corrected chi connectivity index (χ0v) is 16.5. The Morgan fingerprint density at radius 3 is 2.30 bits per heavy atom. The van der Waals surface area contributed by atoms with Crippen LogP contribution in [0.1, 0.15) is 6.92 Å². The van der Waals surface area contributed by atoms with Gasteiger partial charge in [-0.2, -0.15) is 0 Å². The van der Waals surface area contributed by atoms with Gasteiger partial charge >= 0.3 is 6.03 Å². The number of amides is 4. The molecular formula is C21H22N4O5. The van der Waals surface area contributed by atoms with Crippen molar-refractivity contribution in [1.82, 2.24) is 4.90 Å². The van der Waals surface area contributed by atoms with Crippen molar-refractivity contribution in [1.29, 1.82) is 0 Å². The molecule has 0 atom stereocenters. The van der Waals surface area contributed by atoms with Crippen molar-refractivity contribution in [3.63, 3.8) is 0 Å². The van der Waals surface area contributed by atoms with E-state index in [9.17, 15) is 14.4 Å². The summed E-state index contributed by atoms with van der Waals surface area (Å²) in [4.78, 5) is 39.3. The van der Waals surface area contributed by atoms with Crippen molar-refractivity contribution in [3.05, 3.63) is 42.5 Å². The fourth-order valence-corrected chi connectivity index (χ4v) is 3.38. The monoisotopic (exact) mass is 410 g/mol. The molecule has 0 aromatic heterocycles. The Kier molecular flexibility index (Phi) is 5.42. The molecule has 2 aliphatic rings. The molecule has 0 bridgehead atoms. The van der Waals surface area contributed by atoms with Crippen LogP contribution in [0.3, 0.4) is 0 Å². The number of urea groups is 1. The van der Waals surface area contributed by atoms with E-state index in [1.54, 1.807) is 41.3 Å². The molecule has 30 heavy (non-hydrogen) atoms. The highest BCUT2D eigenvalue weighted by Crippen LogP contribution is 2.35. The van der Waals surface area contributed by atoms with E-state index in [-0.39, 0.29) is 24.4 Å². The molecule has 2 heterocycles. The van der Waals surface area contributed by atoms with E-state index in [1.807, 2.05) is 6.07 Å². The van der Waals surface area contributed by atoms with Crippen LogP contribution in [0.5, 0.6) is 11.5 Å². The molecule has 0 unspecified atom stereocenters. The number of fused-ring (bicyclic) bond motifs is 1. The minimum Gasteiger partial charge on any atom is -0.486 e. The van der Waals surface area contributed by atoms with E-state index in [4.69, 9.17) is 9.47 Å². The zero-order valence-electron chi connectivity index (χ0n) is 16.5. The van der Waals surface area contributed by atoms with Crippen LogP contribution in [0, 0.1) is 0 Å². The predicted octanol–water partition coefficient (Wildman–Crippen LogP) is 2.30. The van der Waals surface area contributed by atoms with E-state index in [2.05, 4.69) is 10.6 Å². The summed E-state index contributed by atoms with van der Waals surface area (Å²) in [5.41, 5.74) is 1.94. The molecule has 2 aromatic rings. The zero-order chi connectivity index (χ0) is 21.1. The topological polar surface area (TPSA) is 100 Å². The first-order chi connectivity index (χ1) is 14.5. The molecule has 4 amide bonds. The summed E-state index contributed by atoms with van der Waals surface area (Å²) in [5, 5.41) is 5.43. The Hall–Kier alpha value is -3.75. The van der Waals surface area contributed by atoms with Gasteiger partial charge in [0.05, 0.1) is 0 Å². The minimum atomic E-state index is -0.292. The van der Waals surface area contributed by atoms with Gasteiger partial charge in [0.15, 0.2) is 11.5 Å². The molecule has 156 valence electrons. The van der Waals surface area contributed by atoms with Gasteiger partial charge in [-0.25, -0.2) is 4.79 Å². The lowest BCUT2D eigenvalue weighted by Gasteiger charge is -2.22. The number of carbonyl (C=O) groups is 3. The molecule has 1 saturated heterocycles. The number of anilines is 3.